The van der Waals surface area contributed by atoms with Crippen LogP contribution >= 0.6 is 0 Å². The lowest BCUT2D eigenvalue weighted by atomic mass is 10.2. The smallest absolute Gasteiger partial charge is 0.239 e. The fourth-order valence-electron chi connectivity index (χ4n) is 3.25. The minimum Gasteiger partial charge on any atom is -0.369 e. The highest BCUT2D eigenvalue weighted by molar-refractivity contribution is 5.83. The molecule has 0 atom stereocenters. The molecule has 0 spiro atoms. The van der Waals surface area contributed by atoms with Gasteiger partial charge in [-0.3, -0.25) is 4.99 Å². The van der Waals surface area contributed by atoms with Crippen molar-refractivity contribution in [3.63, 3.8) is 0 Å². The first-order valence-corrected chi connectivity index (χ1v) is 8.74. The summed E-state index contributed by atoms with van der Waals surface area (Å²) in [7, 11) is 0. The van der Waals surface area contributed by atoms with E-state index in [2.05, 4.69) is 32.4 Å². The lowest BCUT2D eigenvalue weighted by Crippen LogP contribution is -2.10. The van der Waals surface area contributed by atoms with E-state index in [0.29, 0.717) is 30.7 Å². The van der Waals surface area contributed by atoms with Crippen LogP contribution in [-0.2, 0) is 13.0 Å². The summed E-state index contributed by atoms with van der Waals surface area (Å²) in [5, 5.41) is 3.39. The largest absolute Gasteiger partial charge is 0.369 e. The summed E-state index contributed by atoms with van der Waals surface area (Å²) >= 11 is 0. The van der Waals surface area contributed by atoms with Crippen molar-refractivity contribution in [3.05, 3.63) is 65.9 Å². The van der Waals surface area contributed by atoms with E-state index < -0.39 is 0 Å². The zero-order valence-corrected chi connectivity index (χ0v) is 14.5. The first-order chi connectivity index (χ1) is 13.3. The Balaban J connectivity index is 1.59. The van der Waals surface area contributed by atoms with Gasteiger partial charge in [0.25, 0.3) is 0 Å². The van der Waals surface area contributed by atoms with Crippen molar-refractivity contribution in [2.45, 2.75) is 13.0 Å². The molecule has 1 aliphatic heterocycles. The van der Waals surface area contributed by atoms with Crippen LogP contribution < -0.4 is 11.1 Å². The molecule has 0 saturated heterocycles. The Morgan fingerprint density at radius 1 is 0.963 bits per heavy atom. The SMILES string of the molecule is Nc1nc2ccccc2n1-c1nc2c(c(NCc3ccccc3)n1)N=CC2. The van der Waals surface area contributed by atoms with Crippen LogP contribution in [0.15, 0.2) is 59.6 Å². The Morgan fingerprint density at radius 2 is 1.78 bits per heavy atom. The molecule has 0 bridgehead atoms. The molecule has 0 unspecified atom stereocenters. The van der Waals surface area contributed by atoms with Crippen molar-refractivity contribution in [3.8, 4) is 5.95 Å². The first-order valence-electron chi connectivity index (χ1n) is 8.74. The molecule has 1 aliphatic rings. The van der Waals surface area contributed by atoms with E-state index in [0.717, 1.165) is 22.4 Å². The van der Waals surface area contributed by atoms with E-state index in [1.54, 1.807) is 4.57 Å². The fraction of sp³-hybridized carbons (Fsp3) is 0.100. The summed E-state index contributed by atoms with van der Waals surface area (Å²) in [4.78, 5) is 18.3. The number of aromatic nitrogens is 4. The average Bonchev–Trinajstić information content (AvgIpc) is 3.30. The van der Waals surface area contributed by atoms with Crippen molar-refractivity contribution in [1.29, 1.82) is 0 Å². The first kappa shape index (κ1) is 15.5. The minimum absolute atomic E-state index is 0.365. The van der Waals surface area contributed by atoms with Crippen molar-refractivity contribution in [1.82, 2.24) is 19.5 Å². The van der Waals surface area contributed by atoms with Gasteiger partial charge in [0.15, 0.2) is 5.82 Å². The highest BCUT2D eigenvalue weighted by atomic mass is 15.3. The quantitative estimate of drug-likeness (QED) is 0.586. The molecule has 7 heteroatoms. The second kappa shape index (κ2) is 6.21. The molecule has 2 aromatic carbocycles. The van der Waals surface area contributed by atoms with Crippen LogP contribution in [0.25, 0.3) is 17.0 Å². The van der Waals surface area contributed by atoms with Gasteiger partial charge in [0.05, 0.1) is 16.7 Å². The third-order valence-electron chi connectivity index (χ3n) is 4.54. The predicted molar refractivity (Wildman–Crippen MR) is 107 cm³/mol. The number of aliphatic imine (C=N–C) groups is 1. The number of hydrogen-bond acceptors (Lipinski definition) is 6. The van der Waals surface area contributed by atoms with Crippen LogP contribution in [0.1, 0.15) is 11.3 Å². The number of para-hydroxylation sites is 2. The van der Waals surface area contributed by atoms with Gasteiger partial charge in [0, 0.05) is 19.2 Å². The molecule has 7 nitrogen and oxygen atoms in total. The molecule has 27 heavy (non-hydrogen) atoms. The summed E-state index contributed by atoms with van der Waals surface area (Å²) < 4.78 is 1.78. The maximum atomic E-state index is 6.17. The van der Waals surface area contributed by atoms with E-state index in [4.69, 9.17) is 10.7 Å². The fourth-order valence-corrected chi connectivity index (χ4v) is 3.25. The van der Waals surface area contributed by atoms with Gasteiger partial charge in [0.1, 0.15) is 5.69 Å². The second-order valence-corrected chi connectivity index (χ2v) is 6.32. The molecular weight excluding hydrogens is 338 g/mol. The molecule has 0 radical (unpaired) electrons. The molecule has 0 amide bonds. The van der Waals surface area contributed by atoms with Gasteiger partial charge < -0.3 is 11.1 Å². The minimum atomic E-state index is 0.365. The monoisotopic (exact) mass is 355 g/mol. The van der Waals surface area contributed by atoms with E-state index >= 15 is 0 Å². The topological polar surface area (TPSA) is 94.0 Å². The third-order valence-corrected chi connectivity index (χ3v) is 4.54. The van der Waals surface area contributed by atoms with Crippen LogP contribution in [0, 0.1) is 0 Å². The number of nitrogens with one attached hydrogen (secondary N) is 1. The zero-order valence-electron chi connectivity index (χ0n) is 14.5. The van der Waals surface area contributed by atoms with Gasteiger partial charge in [-0.25, -0.2) is 14.5 Å². The molecule has 0 fully saturated rings. The van der Waals surface area contributed by atoms with E-state index in [1.807, 2.05) is 48.7 Å². The van der Waals surface area contributed by atoms with E-state index in [-0.39, 0.29) is 0 Å². The predicted octanol–water partition coefficient (Wildman–Crippen LogP) is 3.27. The van der Waals surface area contributed by atoms with Gasteiger partial charge in [-0.1, -0.05) is 42.5 Å². The van der Waals surface area contributed by atoms with Crippen molar-refractivity contribution in [2.75, 3.05) is 11.1 Å². The molecule has 132 valence electrons. The standard InChI is InChI=1S/C20H17N7/c21-19-24-14-8-4-5-9-16(14)27(19)20-25-15-10-11-22-17(15)18(26-20)23-12-13-6-2-1-3-7-13/h1-9,11H,10,12H2,(H2,21,24)(H,23,25,26). The maximum Gasteiger partial charge on any atom is 0.239 e. The molecule has 2 aromatic heterocycles. The number of fused-ring (bicyclic) bond motifs is 2. The highest BCUT2D eigenvalue weighted by Gasteiger charge is 2.20. The zero-order chi connectivity index (χ0) is 18.2. The molecule has 0 aliphatic carbocycles. The molecule has 5 rings (SSSR count). The summed E-state index contributed by atoms with van der Waals surface area (Å²) in [6.07, 6.45) is 2.53. The van der Waals surface area contributed by atoms with Crippen molar-refractivity contribution in [2.24, 2.45) is 4.99 Å². The van der Waals surface area contributed by atoms with Crippen LogP contribution in [0.2, 0.25) is 0 Å². The number of rotatable bonds is 4. The average molecular weight is 355 g/mol. The van der Waals surface area contributed by atoms with Crippen molar-refractivity contribution < 1.29 is 0 Å². The Morgan fingerprint density at radius 3 is 2.67 bits per heavy atom. The highest BCUT2D eigenvalue weighted by Crippen LogP contribution is 2.32. The Kier molecular flexibility index (Phi) is 3.57. The number of anilines is 2. The number of benzene rings is 2. The summed E-state index contributed by atoms with van der Waals surface area (Å²) in [5.74, 6) is 1.56. The van der Waals surface area contributed by atoms with Gasteiger partial charge in [-0.05, 0) is 17.7 Å². The molecule has 3 N–H and O–H groups in total. The molecule has 0 saturated carbocycles. The van der Waals surface area contributed by atoms with Crippen LogP contribution in [0.4, 0.5) is 17.5 Å². The van der Waals surface area contributed by atoms with Crippen molar-refractivity contribution >= 4 is 34.7 Å². The van der Waals surface area contributed by atoms with Gasteiger partial charge in [-0.15, -0.1) is 0 Å². The maximum absolute atomic E-state index is 6.17. The van der Waals surface area contributed by atoms with E-state index in [1.165, 1.54) is 5.56 Å². The molecular formula is C20H17N7. The van der Waals surface area contributed by atoms with E-state index in [9.17, 15) is 0 Å². The molecule has 4 aromatic rings. The normalized spacial score (nSPS) is 12.4. The van der Waals surface area contributed by atoms with Gasteiger partial charge >= 0.3 is 0 Å². The number of nitrogens with two attached hydrogens (primary N) is 1. The molecule has 3 heterocycles. The van der Waals surface area contributed by atoms with Gasteiger partial charge in [-0.2, -0.15) is 4.98 Å². The second-order valence-electron chi connectivity index (χ2n) is 6.32. The van der Waals surface area contributed by atoms with Crippen LogP contribution in [-0.4, -0.2) is 25.7 Å². The number of nitrogen functional groups attached to an aromatic ring is 1. The lowest BCUT2D eigenvalue weighted by molar-refractivity contribution is 0.933. The van der Waals surface area contributed by atoms with Crippen LogP contribution in [0.3, 0.4) is 0 Å². The summed E-state index contributed by atoms with van der Waals surface area (Å²) in [5.41, 5.74) is 10.7. The third kappa shape index (κ3) is 2.69. The number of nitrogens with zero attached hydrogens (tertiary/aromatic N) is 5. The Labute approximate surface area is 155 Å². The number of hydrogen-bond donors (Lipinski definition) is 2. The van der Waals surface area contributed by atoms with Crippen LogP contribution in [0.5, 0.6) is 0 Å². The number of imidazole rings is 1. The summed E-state index contributed by atoms with van der Waals surface area (Å²) in [6, 6.07) is 17.9. The Hall–Kier alpha value is -3.74. The summed E-state index contributed by atoms with van der Waals surface area (Å²) in [6.45, 7) is 0.652. The lowest BCUT2D eigenvalue weighted by Gasteiger charge is -2.12. The van der Waals surface area contributed by atoms with Gasteiger partial charge in [0.2, 0.25) is 11.9 Å². The Bertz CT molecular complexity index is 1160.